The van der Waals surface area contributed by atoms with E-state index in [0.717, 1.165) is 0 Å². The van der Waals surface area contributed by atoms with Gasteiger partial charge in [0.25, 0.3) is 4.92 Å². The molecule has 114 valence electrons. The van der Waals surface area contributed by atoms with Crippen molar-refractivity contribution in [2.45, 2.75) is 26.4 Å². The van der Waals surface area contributed by atoms with Crippen molar-refractivity contribution in [3.63, 3.8) is 0 Å². The van der Waals surface area contributed by atoms with Crippen LogP contribution in [-0.4, -0.2) is 42.0 Å². The summed E-state index contributed by atoms with van der Waals surface area (Å²) >= 11 is 0. The van der Waals surface area contributed by atoms with Crippen LogP contribution in [0.4, 0.5) is 21.9 Å². The van der Waals surface area contributed by atoms with Crippen molar-refractivity contribution in [2.75, 3.05) is 29.9 Å². The van der Waals surface area contributed by atoms with Crippen LogP contribution in [0.15, 0.2) is 18.2 Å². The number of anilines is 2. The first-order valence-corrected chi connectivity index (χ1v) is 6.71. The molecule has 21 heavy (non-hydrogen) atoms. The first-order valence-electron chi connectivity index (χ1n) is 6.71. The molecule has 2 rings (SSSR count). The molecule has 0 aliphatic carbocycles. The SMILES string of the molecule is CN1CCN(C(=O)OC(C)(C)C)c2ccc([N+](=O)O)cc21. The predicted octanol–water partition coefficient (Wildman–Crippen LogP) is 2.68. The van der Waals surface area contributed by atoms with Crippen LogP contribution in [0.5, 0.6) is 0 Å². The smallest absolute Gasteiger partial charge is 0.414 e. The van der Waals surface area contributed by atoms with Crippen molar-refractivity contribution in [2.24, 2.45) is 0 Å². The number of hydrogen-bond acceptors (Lipinski definition) is 4. The van der Waals surface area contributed by atoms with E-state index in [-0.39, 0.29) is 10.6 Å². The van der Waals surface area contributed by atoms with Gasteiger partial charge < -0.3 is 9.64 Å². The quantitative estimate of drug-likeness (QED) is 0.806. The number of carbonyl (C=O) groups excluding carboxylic acids is 1. The number of amides is 1. The Kier molecular flexibility index (Phi) is 3.76. The second-order valence-electron chi connectivity index (χ2n) is 6.00. The molecule has 7 nitrogen and oxygen atoms in total. The molecule has 1 amide bonds. The monoisotopic (exact) mass is 294 g/mol. The summed E-state index contributed by atoms with van der Waals surface area (Å²) in [6.07, 6.45) is -0.424. The summed E-state index contributed by atoms with van der Waals surface area (Å²) in [6.45, 7) is 6.54. The van der Waals surface area contributed by atoms with Gasteiger partial charge in [0, 0.05) is 32.3 Å². The second kappa shape index (κ2) is 5.23. The first kappa shape index (κ1) is 15.1. The Morgan fingerprint density at radius 3 is 2.52 bits per heavy atom. The van der Waals surface area contributed by atoms with Gasteiger partial charge in [-0.25, -0.2) is 10.0 Å². The predicted molar refractivity (Wildman–Crippen MR) is 78.4 cm³/mol. The van der Waals surface area contributed by atoms with Gasteiger partial charge in [-0.05, 0) is 26.8 Å². The van der Waals surface area contributed by atoms with Crippen molar-refractivity contribution in [3.05, 3.63) is 23.1 Å². The van der Waals surface area contributed by atoms with E-state index < -0.39 is 11.7 Å². The maximum Gasteiger partial charge on any atom is 0.414 e. The Hall–Kier alpha value is -2.31. The van der Waals surface area contributed by atoms with Gasteiger partial charge in [0.05, 0.1) is 16.3 Å². The third-order valence-corrected chi connectivity index (χ3v) is 3.15. The molecular weight excluding hydrogens is 274 g/mol. The summed E-state index contributed by atoms with van der Waals surface area (Å²) in [5, 5.41) is 8.99. The van der Waals surface area contributed by atoms with E-state index >= 15 is 0 Å². The lowest BCUT2D eigenvalue weighted by Crippen LogP contribution is -2.44. The zero-order valence-corrected chi connectivity index (χ0v) is 12.7. The molecule has 1 aliphatic rings. The van der Waals surface area contributed by atoms with Gasteiger partial charge >= 0.3 is 11.8 Å². The Labute approximate surface area is 123 Å². The molecule has 0 saturated carbocycles. The van der Waals surface area contributed by atoms with Crippen molar-refractivity contribution in [1.82, 2.24) is 0 Å². The van der Waals surface area contributed by atoms with Crippen LogP contribution in [0.1, 0.15) is 20.8 Å². The fraction of sp³-hybridized carbons (Fsp3) is 0.500. The van der Waals surface area contributed by atoms with Crippen LogP contribution in [0.25, 0.3) is 0 Å². The van der Waals surface area contributed by atoms with Crippen LogP contribution in [0.3, 0.4) is 0 Å². The molecule has 0 radical (unpaired) electrons. The molecule has 1 heterocycles. The number of benzene rings is 1. The highest BCUT2D eigenvalue weighted by atomic mass is 16.6. The zero-order valence-electron chi connectivity index (χ0n) is 12.7. The fourth-order valence-corrected chi connectivity index (χ4v) is 2.16. The number of nitrogens with zero attached hydrogens (tertiary/aromatic N) is 3. The number of fused-ring (bicyclic) bond motifs is 1. The average molecular weight is 294 g/mol. The van der Waals surface area contributed by atoms with E-state index in [2.05, 4.69) is 0 Å². The minimum atomic E-state index is -0.572. The summed E-state index contributed by atoms with van der Waals surface area (Å²) in [4.78, 5) is 26.5. The lowest BCUT2D eigenvalue weighted by molar-refractivity contribution is -0.729. The standard InChI is InChI=1S/C14H20N3O4/c1-14(2,3)21-13(18)16-8-7-15(4)12-9-10(17(19)20)5-6-11(12)16/h5-6,9H,7-8H2,1-4H3,(H,19,20)/q+1. The molecular formula is C14H20N3O4+. The molecule has 0 fully saturated rings. The van der Waals surface area contributed by atoms with Gasteiger partial charge in [-0.15, -0.1) is 0 Å². The Morgan fingerprint density at radius 1 is 1.29 bits per heavy atom. The van der Waals surface area contributed by atoms with Crippen molar-refractivity contribution in [3.8, 4) is 0 Å². The van der Waals surface area contributed by atoms with Gasteiger partial charge in [0.2, 0.25) is 0 Å². The summed E-state index contributed by atoms with van der Waals surface area (Å²) in [5.41, 5.74) is 0.895. The number of hydrogen-bond donors (Lipinski definition) is 1. The van der Waals surface area contributed by atoms with Crippen LogP contribution in [0, 0.1) is 4.91 Å². The Balaban J connectivity index is 2.36. The van der Waals surface area contributed by atoms with Crippen LogP contribution in [-0.2, 0) is 4.74 Å². The summed E-state index contributed by atoms with van der Waals surface area (Å²) in [5.74, 6) is 0. The molecule has 0 bridgehead atoms. The van der Waals surface area contributed by atoms with Crippen LogP contribution >= 0.6 is 0 Å². The Bertz CT molecular complexity index is 580. The van der Waals surface area contributed by atoms with Crippen LogP contribution < -0.4 is 9.80 Å². The number of carbonyl (C=O) groups is 1. The topological polar surface area (TPSA) is 73.1 Å². The van der Waals surface area contributed by atoms with Crippen molar-refractivity contribution < 1.29 is 19.7 Å². The highest BCUT2D eigenvalue weighted by molar-refractivity contribution is 5.94. The maximum absolute atomic E-state index is 12.3. The molecule has 0 aromatic heterocycles. The summed E-state index contributed by atoms with van der Waals surface area (Å²) < 4.78 is 5.39. The average Bonchev–Trinajstić information content (AvgIpc) is 2.36. The number of ether oxygens (including phenoxy) is 1. The van der Waals surface area contributed by atoms with E-state index in [0.29, 0.717) is 24.5 Å². The lowest BCUT2D eigenvalue weighted by Gasteiger charge is -2.36. The van der Waals surface area contributed by atoms with Gasteiger partial charge in [-0.2, -0.15) is 0 Å². The van der Waals surface area contributed by atoms with Gasteiger partial charge in [0.15, 0.2) is 0 Å². The third-order valence-electron chi connectivity index (χ3n) is 3.15. The summed E-state index contributed by atoms with van der Waals surface area (Å²) in [7, 11) is 1.86. The molecule has 0 saturated heterocycles. The second-order valence-corrected chi connectivity index (χ2v) is 6.00. The Morgan fingerprint density at radius 2 is 1.95 bits per heavy atom. The van der Waals surface area contributed by atoms with E-state index in [1.165, 1.54) is 11.0 Å². The third kappa shape index (κ3) is 3.24. The van der Waals surface area contributed by atoms with E-state index in [1.54, 1.807) is 12.1 Å². The normalized spacial score (nSPS) is 14.7. The number of rotatable bonds is 1. The highest BCUT2D eigenvalue weighted by Crippen LogP contribution is 2.35. The van der Waals surface area contributed by atoms with Gasteiger partial charge in [-0.1, -0.05) is 0 Å². The molecule has 1 aromatic carbocycles. The molecule has 1 aliphatic heterocycles. The molecule has 1 N–H and O–H groups in total. The summed E-state index contributed by atoms with van der Waals surface area (Å²) in [6, 6.07) is 4.63. The first-order chi connectivity index (χ1) is 9.69. The van der Waals surface area contributed by atoms with E-state index in [1.807, 2.05) is 32.7 Å². The molecule has 0 atom stereocenters. The molecule has 1 aromatic rings. The fourth-order valence-electron chi connectivity index (χ4n) is 2.16. The van der Waals surface area contributed by atoms with E-state index in [9.17, 15) is 9.70 Å². The van der Waals surface area contributed by atoms with Gasteiger partial charge in [0.1, 0.15) is 5.60 Å². The van der Waals surface area contributed by atoms with Crippen LogP contribution in [0.2, 0.25) is 0 Å². The van der Waals surface area contributed by atoms with E-state index in [4.69, 9.17) is 9.94 Å². The highest BCUT2D eigenvalue weighted by Gasteiger charge is 2.30. The van der Waals surface area contributed by atoms with Gasteiger partial charge in [-0.3, -0.25) is 4.90 Å². The largest absolute Gasteiger partial charge is 0.443 e. The maximum atomic E-state index is 12.3. The number of likely N-dealkylation sites (N-methyl/N-ethyl adjacent to an activating group) is 1. The molecule has 0 unspecified atom stereocenters. The van der Waals surface area contributed by atoms with Crippen molar-refractivity contribution >= 4 is 23.2 Å². The lowest BCUT2D eigenvalue weighted by atomic mass is 10.1. The molecule has 7 heteroatoms. The minimum Gasteiger partial charge on any atom is -0.443 e. The minimum absolute atomic E-state index is 0.117. The zero-order chi connectivity index (χ0) is 15.8. The van der Waals surface area contributed by atoms with Crippen molar-refractivity contribution in [1.29, 1.82) is 0 Å². The molecule has 0 spiro atoms.